The first kappa shape index (κ1) is 14.1. The molecule has 0 amide bonds. The van der Waals surface area contributed by atoms with Crippen LogP contribution in [-0.4, -0.2) is 58.2 Å². The van der Waals surface area contributed by atoms with E-state index in [1.807, 2.05) is 11.9 Å². The number of carboxylic acid groups (broad SMARTS) is 1. The average Bonchev–Trinajstić information content (AvgIpc) is 2.65. The molecule has 5 nitrogen and oxygen atoms in total. The van der Waals surface area contributed by atoms with Crippen LogP contribution in [0.3, 0.4) is 0 Å². The third-order valence-corrected chi connectivity index (χ3v) is 3.87. The summed E-state index contributed by atoms with van der Waals surface area (Å²) in [7, 11) is 2.03. The van der Waals surface area contributed by atoms with E-state index in [2.05, 4.69) is 34.9 Å². The summed E-state index contributed by atoms with van der Waals surface area (Å²) < 4.78 is 2.07. The molecule has 1 saturated heterocycles. The molecule has 0 spiro atoms. The quantitative estimate of drug-likeness (QED) is 0.888. The molecule has 1 aliphatic heterocycles. The Balaban J connectivity index is 1.93. The number of carbonyl (C=O) groups is 1. The zero-order valence-electron chi connectivity index (χ0n) is 11.7. The zero-order valence-corrected chi connectivity index (χ0v) is 11.7. The molecule has 0 saturated carbocycles. The molecule has 2 rings (SSSR count). The van der Waals surface area contributed by atoms with Crippen LogP contribution in [0.1, 0.15) is 24.9 Å². The number of nitrogens with zero attached hydrogens (tertiary/aromatic N) is 3. The second kappa shape index (κ2) is 6.21. The molecular weight excluding hydrogens is 242 g/mol. The highest BCUT2D eigenvalue weighted by atomic mass is 16.4. The van der Waals surface area contributed by atoms with Crippen molar-refractivity contribution in [2.75, 3.05) is 32.7 Å². The fourth-order valence-corrected chi connectivity index (χ4v) is 2.71. The molecule has 1 aromatic heterocycles. The van der Waals surface area contributed by atoms with Gasteiger partial charge in [0.1, 0.15) is 0 Å². The van der Waals surface area contributed by atoms with Crippen LogP contribution in [0.2, 0.25) is 0 Å². The number of aryl methyl sites for hydroxylation is 1. The molecule has 5 heteroatoms. The van der Waals surface area contributed by atoms with Crippen LogP contribution in [0.5, 0.6) is 0 Å². The summed E-state index contributed by atoms with van der Waals surface area (Å²) in [5, 5.41) is 8.86. The summed E-state index contributed by atoms with van der Waals surface area (Å²) in [5.74, 6) is -0.732. The monoisotopic (exact) mass is 265 g/mol. The van der Waals surface area contributed by atoms with Crippen LogP contribution in [0.4, 0.5) is 0 Å². The smallest absolute Gasteiger partial charge is 0.317 e. The molecule has 1 aromatic rings. The third-order valence-electron chi connectivity index (χ3n) is 3.87. The average molecular weight is 265 g/mol. The molecule has 0 bridgehead atoms. The van der Waals surface area contributed by atoms with Crippen molar-refractivity contribution in [2.24, 2.45) is 7.05 Å². The number of rotatable bonds is 4. The largest absolute Gasteiger partial charge is 0.480 e. The Hall–Kier alpha value is -1.33. The number of hydrogen-bond acceptors (Lipinski definition) is 3. The highest BCUT2D eigenvalue weighted by Gasteiger charge is 2.21. The van der Waals surface area contributed by atoms with Gasteiger partial charge in [-0.3, -0.25) is 14.6 Å². The Morgan fingerprint density at radius 2 is 2.16 bits per heavy atom. The molecule has 0 radical (unpaired) electrons. The van der Waals surface area contributed by atoms with Crippen molar-refractivity contribution in [3.8, 4) is 0 Å². The van der Waals surface area contributed by atoms with Crippen molar-refractivity contribution < 1.29 is 9.90 Å². The van der Waals surface area contributed by atoms with E-state index in [0.29, 0.717) is 6.04 Å². The molecule has 2 heterocycles. The van der Waals surface area contributed by atoms with E-state index in [0.717, 1.165) is 32.6 Å². The molecule has 106 valence electrons. The Morgan fingerprint density at radius 1 is 1.37 bits per heavy atom. The first-order chi connectivity index (χ1) is 9.06. The van der Waals surface area contributed by atoms with E-state index >= 15 is 0 Å². The van der Waals surface area contributed by atoms with Gasteiger partial charge in [-0.25, -0.2) is 0 Å². The number of hydrogen-bond donors (Lipinski definition) is 1. The van der Waals surface area contributed by atoms with Gasteiger partial charge in [0, 0.05) is 51.7 Å². The SMILES string of the molecule is CC(c1ccn(C)c1)N1CCCN(CC(=O)O)CC1. The Morgan fingerprint density at radius 3 is 2.79 bits per heavy atom. The van der Waals surface area contributed by atoms with Gasteiger partial charge in [-0.05, 0) is 25.0 Å². The molecule has 0 aliphatic carbocycles. The summed E-state index contributed by atoms with van der Waals surface area (Å²) in [6, 6.07) is 2.55. The molecular formula is C14H23N3O2. The van der Waals surface area contributed by atoms with Gasteiger partial charge >= 0.3 is 5.97 Å². The van der Waals surface area contributed by atoms with Crippen LogP contribution in [-0.2, 0) is 11.8 Å². The minimum Gasteiger partial charge on any atom is -0.480 e. The van der Waals surface area contributed by atoms with Crippen molar-refractivity contribution >= 4 is 5.97 Å². The summed E-state index contributed by atoms with van der Waals surface area (Å²) in [6.45, 7) is 6.07. The van der Waals surface area contributed by atoms with E-state index in [9.17, 15) is 4.79 Å². The van der Waals surface area contributed by atoms with Crippen LogP contribution >= 0.6 is 0 Å². The molecule has 0 aromatic carbocycles. The molecule has 19 heavy (non-hydrogen) atoms. The lowest BCUT2D eigenvalue weighted by molar-refractivity contribution is -0.138. The fraction of sp³-hybridized carbons (Fsp3) is 0.643. The fourth-order valence-electron chi connectivity index (χ4n) is 2.71. The Bertz CT molecular complexity index is 430. The molecule has 1 fully saturated rings. The van der Waals surface area contributed by atoms with Crippen LogP contribution < -0.4 is 0 Å². The van der Waals surface area contributed by atoms with E-state index in [1.54, 1.807) is 0 Å². The maximum Gasteiger partial charge on any atom is 0.317 e. The van der Waals surface area contributed by atoms with Gasteiger partial charge in [-0.1, -0.05) is 0 Å². The first-order valence-electron chi connectivity index (χ1n) is 6.86. The second-order valence-electron chi connectivity index (χ2n) is 5.35. The molecule has 1 N–H and O–H groups in total. The summed E-state index contributed by atoms with van der Waals surface area (Å²) in [4.78, 5) is 15.2. The van der Waals surface area contributed by atoms with Crippen molar-refractivity contribution in [3.63, 3.8) is 0 Å². The van der Waals surface area contributed by atoms with Gasteiger partial charge in [0.2, 0.25) is 0 Å². The maximum atomic E-state index is 10.8. The van der Waals surface area contributed by atoms with Crippen molar-refractivity contribution in [1.29, 1.82) is 0 Å². The van der Waals surface area contributed by atoms with Gasteiger partial charge in [0.05, 0.1) is 6.54 Å². The Kier molecular flexibility index (Phi) is 4.61. The van der Waals surface area contributed by atoms with Gasteiger partial charge in [0.25, 0.3) is 0 Å². The lowest BCUT2D eigenvalue weighted by Gasteiger charge is -2.27. The standard InChI is InChI=1S/C14H23N3O2/c1-12(13-4-7-15(2)10-13)17-6-3-5-16(8-9-17)11-14(18)19/h4,7,10,12H,3,5-6,8-9,11H2,1-2H3,(H,18,19). The minimum absolute atomic E-state index is 0.160. The highest BCUT2D eigenvalue weighted by Crippen LogP contribution is 2.21. The first-order valence-corrected chi connectivity index (χ1v) is 6.86. The van der Waals surface area contributed by atoms with E-state index < -0.39 is 5.97 Å². The lowest BCUT2D eigenvalue weighted by Crippen LogP contribution is -2.34. The predicted molar refractivity (Wildman–Crippen MR) is 74.1 cm³/mol. The van der Waals surface area contributed by atoms with Gasteiger partial charge in [-0.2, -0.15) is 0 Å². The van der Waals surface area contributed by atoms with Crippen LogP contribution in [0, 0.1) is 0 Å². The topological polar surface area (TPSA) is 48.7 Å². The minimum atomic E-state index is -0.732. The van der Waals surface area contributed by atoms with Crippen LogP contribution in [0.25, 0.3) is 0 Å². The van der Waals surface area contributed by atoms with Crippen molar-refractivity contribution in [3.05, 3.63) is 24.0 Å². The normalized spacial score (nSPS) is 20.1. The predicted octanol–water partition coefficient (Wildman–Crippen LogP) is 1.18. The van der Waals surface area contributed by atoms with Crippen molar-refractivity contribution in [2.45, 2.75) is 19.4 Å². The van der Waals surface area contributed by atoms with Crippen molar-refractivity contribution in [1.82, 2.24) is 14.4 Å². The summed E-state index contributed by atoms with van der Waals surface area (Å²) in [5.41, 5.74) is 1.33. The van der Waals surface area contributed by atoms with Gasteiger partial charge in [-0.15, -0.1) is 0 Å². The second-order valence-corrected chi connectivity index (χ2v) is 5.35. The van der Waals surface area contributed by atoms with Gasteiger partial charge < -0.3 is 9.67 Å². The zero-order chi connectivity index (χ0) is 13.8. The Labute approximate surface area is 114 Å². The number of aliphatic carboxylic acids is 1. The van der Waals surface area contributed by atoms with Crippen LogP contribution in [0.15, 0.2) is 18.5 Å². The molecule has 1 unspecified atom stereocenters. The summed E-state index contributed by atoms with van der Waals surface area (Å²) in [6.07, 6.45) is 5.26. The summed E-state index contributed by atoms with van der Waals surface area (Å²) >= 11 is 0. The van der Waals surface area contributed by atoms with E-state index in [4.69, 9.17) is 5.11 Å². The van der Waals surface area contributed by atoms with E-state index in [-0.39, 0.29) is 6.54 Å². The molecule has 1 aliphatic rings. The van der Waals surface area contributed by atoms with Gasteiger partial charge in [0.15, 0.2) is 0 Å². The number of aromatic nitrogens is 1. The molecule has 1 atom stereocenters. The number of carboxylic acids is 1. The van der Waals surface area contributed by atoms with E-state index in [1.165, 1.54) is 5.56 Å². The lowest BCUT2D eigenvalue weighted by atomic mass is 10.1. The third kappa shape index (κ3) is 3.81. The maximum absolute atomic E-state index is 10.8. The highest BCUT2D eigenvalue weighted by molar-refractivity contribution is 5.69.